The molecule has 17 nitrogen and oxygen atoms in total. The third-order valence-corrected chi connectivity index (χ3v) is 17.7. The number of esters is 4. The van der Waals surface area contributed by atoms with Crippen LogP contribution in [0.1, 0.15) is 349 Å². The van der Waals surface area contributed by atoms with Gasteiger partial charge in [-0.1, -0.05) is 298 Å². The van der Waals surface area contributed by atoms with E-state index in [1.807, 2.05) is 0 Å². The molecule has 0 aromatic carbocycles. The first-order chi connectivity index (χ1) is 42.0. The summed E-state index contributed by atoms with van der Waals surface area (Å²) in [6.07, 6.45) is 47.5. The smallest absolute Gasteiger partial charge is 0.462 e. The topological polar surface area (TPSA) is 237 Å². The number of phosphoric acid groups is 2. The van der Waals surface area contributed by atoms with Crippen molar-refractivity contribution in [3.8, 4) is 0 Å². The van der Waals surface area contributed by atoms with Crippen LogP contribution < -0.4 is 0 Å². The van der Waals surface area contributed by atoms with Crippen LogP contribution in [0.3, 0.4) is 0 Å². The van der Waals surface area contributed by atoms with Crippen LogP contribution in [0.5, 0.6) is 0 Å². The Morgan fingerprint density at radius 1 is 0.310 bits per heavy atom. The SMILES string of the molecule is CCCCCCCCCCCCCCCCCCCCCC(=O)O[C@H](COC(=O)CCCCCCCCCCCCC(C)C)COP(=O)(O)OC[C@@H](O)COP(=O)(O)OC[C@@H](COC(=O)CCCCCCCCC)OC(=O)CCCCCCCCCC. The van der Waals surface area contributed by atoms with E-state index < -0.39 is 97.5 Å². The Morgan fingerprint density at radius 2 is 0.529 bits per heavy atom. The highest BCUT2D eigenvalue weighted by molar-refractivity contribution is 7.47. The zero-order valence-electron chi connectivity index (χ0n) is 56.2. The summed E-state index contributed by atoms with van der Waals surface area (Å²) in [5, 5.41) is 10.5. The molecule has 0 amide bonds. The summed E-state index contributed by atoms with van der Waals surface area (Å²) >= 11 is 0. The molecule has 516 valence electrons. The minimum absolute atomic E-state index is 0.105. The predicted molar refractivity (Wildman–Crippen MR) is 349 cm³/mol. The van der Waals surface area contributed by atoms with Crippen LogP contribution in [0, 0.1) is 5.92 Å². The Balaban J connectivity index is 5.15. The second kappa shape index (κ2) is 61.6. The minimum Gasteiger partial charge on any atom is -0.462 e. The lowest BCUT2D eigenvalue weighted by molar-refractivity contribution is -0.161. The number of hydrogen-bond acceptors (Lipinski definition) is 15. The fraction of sp³-hybridized carbons (Fsp3) is 0.941. The van der Waals surface area contributed by atoms with Crippen molar-refractivity contribution in [2.75, 3.05) is 39.6 Å². The van der Waals surface area contributed by atoms with Crippen LogP contribution in [0.15, 0.2) is 0 Å². The van der Waals surface area contributed by atoms with Gasteiger partial charge in [0.15, 0.2) is 12.2 Å². The van der Waals surface area contributed by atoms with E-state index >= 15 is 0 Å². The quantitative estimate of drug-likeness (QED) is 0.0222. The van der Waals surface area contributed by atoms with E-state index in [1.54, 1.807) is 0 Å². The number of hydrogen-bond donors (Lipinski definition) is 3. The molecule has 0 fully saturated rings. The van der Waals surface area contributed by atoms with Crippen LogP contribution >= 0.6 is 15.6 Å². The average molecular weight is 1280 g/mol. The Labute approximate surface area is 530 Å². The first-order valence-corrected chi connectivity index (χ1v) is 38.6. The predicted octanol–water partition coefficient (Wildman–Crippen LogP) is 19.4. The molecule has 0 spiro atoms. The molecule has 2 unspecified atom stereocenters. The molecular formula is C68H132O17P2. The lowest BCUT2D eigenvalue weighted by Gasteiger charge is -2.21. The summed E-state index contributed by atoms with van der Waals surface area (Å²) in [6, 6.07) is 0. The van der Waals surface area contributed by atoms with Gasteiger partial charge in [-0.05, 0) is 31.6 Å². The van der Waals surface area contributed by atoms with Crippen LogP contribution in [0.4, 0.5) is 0 Å². The molecule has 0 bridgehead atoms. The highest BCUT2D eigenvalue weighted by Gasteiger charge is 2.30. The summed E-state index contributed by atoms with van der Waals surface area (Å²) in [4.78, 5) is 72.2. The number of aliphatic hydroxyl groups excluding tert-OH is 1. The summed E-state index contributed by atoms with van der Waals surface area (Å²) in [5.74, 6) is -1.37. The first kappa shape index (κ1) is 85.1. The zero-order chi connectivity index (χ0) is 64.2. The number of carbonyl (C=O) groups excluding carboxylic acids is 4. The van der Waals surface area contributed by atoms with Gasteiger partial charge in [0.05, 0.1) is 26.4 Å². The first-order valence-electron chi connectivity index (χ1n) is 35.6. The van der Waals surface area contributed by atoms with E-state index in [-0.39, 0.29) is 25.7 Å². The molecule has 87 heavy (non-hydrogen) atoms. The van der Waals surface area contributed by atoms with Gasteiger partial charge in [-0.2, -0.15) is 0 Å². The Hall–Kier alpha value is -1.94. The van der Waals surface area contributed by atoms with Crippen molar-refractivity contribution in [2.24, 2.45) is 5.92 Å². The van der Waals surface area contributed by atoms with Gasteiger partial charge in [0, 0.05) is 25.7 Å². The number of unbranched alkanes of at least 4 members (excludes halogenated alkanes) is 40. The maximum Gasteiger partial charge on any atom is 0.472 e. The van der Waals surface area contributed by atoms with Gasteiger partial charge < -0.3 is 33.8 Å². The molecule has 0 aliphatic heterocycles. The highest BCUT2D eigenvalue weighted by atomic mass is 31.2. The van der Waals surface area contributed by atoms with Crippen molar-refractivity contribution >= 4 is 39.5 Å². The van der Waals surface area contributed by atoms with Gasteiger partial charge in [-0.15, -0.1) is 0 Å². The summed E-state index contributed by atoms with van der Waals surface area (Å²) in [5.41, 5.74) is 0. The largest absolute Gasteiger partial charge is 0.472 e. The van der Waals surface area contributed by atoms with Gasteiger partial charge in [0.25, 0.3) is 0 Å². The maximum atomic E-state index is 13.0. The zero-order valence-corrected chi connectivity index (χ0v) is 57.9. The lowest BCUT2D eigenvalue weighted by Crippen LogP contribution is -2.30. The molecule has 0 aromatic rings. The number of ether oxygens (including phenoxy) is 4. The van der Waals surface area contributed by atoms with Crippen molar-refractivity contribution < 1.29 is 80.2 Å². The summed E-state index contributed by atoms with van der Waals surface area (Å²) in [6.45, 7) is 7.15. The molecular weight excluding hydrogens is 1150 g/mol. The third-order valence-electron chi connectivity index (χ3n) is 15.8. The highest BCUT2D eigenvalue weighted by Crippen LogP contribution is 2.45. The molecule has 0 rings (SSSR count). The van der Waals surface area contributed by atoms with Gasteiger partial charge in [0.1, 0.15) is 19.3 Å². The molecule has 5 atom stereocenters. The number of phosphoric ester groups is 2. The standard InChI is InChI=1S/C68H132O17P2/c1-6-9-12-15-18-20-21-22-23-24-25-26-27-28-29-34-39-44-49-54-68(73)85-64(58-79-66(71)52-47-42-38-33-31-30-32-36-40-45-50-61(4)5)60-83-87(76,77)81-56-62(69)55-80-86(74,75)82-59-63(57-78-65(70)51-46-41-35-17-14-11-8-3)84-67(72)53-48-43-37-19-16-13-10-7-2/h61-64,69H,6-60H2,1-5H3,(H,74,75)(H,76,77)/t62-,63+,64+/m0/s1. The molecule has 0 aliphatic rings. The van der Waals surface area contributed by atoms with Crippen molar-refractivity contribution in [1.82, 2.24) is 0 Å². The van der Waals surface area contributed by atoms with E-state index in [0.29, 0.717) is 25.7 Å². The third kappa shape index (κ3) is 62.6. The molecule has 0 heterocycles. The van der Waals surface area contributed by atoms with Crippen molar-refractivity contribution in [2.45, 2.75) is 368 Å². The maximum absolute atomic E-state index is 13.0. The average Bonchev–Trinajstić information content (AvgIpc) is 3.70. The van der Waals surface area contributed by atoms with Gasteiger partial charge in [-0.3, -0.25) is 37.3 Å². The van der Waals surface area contributed by atoms with Crippen molar-refractivity contribution in [3.05, 3.63) is 0 Å². The van der Waals surface area contributed by atoms with E-state index in [4.69, 9.17) is 37.0 Å². The molecule has 0 radical (unpaired) electrons. The lowest BCUT2D eigenvalue weighted by atomic mass is 10.0. The second-order valence-electron chi connectivity index (χ2n) is 25.0. The Morgan fingerprint density at radius 3 is 0.782 bits per heavy atom. The molecule has 3 N–H and O–H groups in total. The van der Waals surface area contributed by atoms with Crippen LogP contribution in [-0.4, -0.2) is 96.7 Å². The number of rotatable bonds is 68. The van der Waals surface area contributed by atoms with E-state index in [1.165, 1.54) is 154 Å². The Bertz CT molecular complexity index is 1690. The molecule has 19 heteroatoms. The molecule has 0 saturated carbocycles. The summed E-state index contributed by atoms with van der Waals surface area (Å²) in [7, 11) is -9.88. The minimum atomic E-state index is -4.95. The van der Waals surface area contributed by atoms with Gasteiger partial charge in [-0.25, -0.2) is 9.13 Å². The molecule has 0 aliphatic carbocycles. The van der Waals surface area contributed by atoms with E-state index in [0.717, 1.165) is 115 Å². The molecule has 0 aromatic heterocycles. The van der Waals surface area contributed by atoms with Gasteiger partial charge in [0.2, 0.25) is 0 Å². The molecule has 0 saturated heterocycles. The van der Waals surface area contributed by atoms with Crippen LogP contribution in [0.2, 0.25) is 0 Å². The van der Waals surface area contributed by atoms with Crippen molar-refractivity contribution in [1.29, 1.82) is 0 Å². The second-order valence-corrected chi connectivity index (χ2v) is 27.9. The van der Waals surface area contributed by atoms with E-state index in [2.05, 4.69) is 34.6 Å². The van der Waals surface area contributed by atoms with Crippen LogP contribution in [0.25, 0.3) is 0 Å². The van der Waals surface area contributed by atoms with Crippen LogP contribution in [-0.2, 0) is 65.4 Å². The van der Waals surface area contributed by atoms with Gasteiger partial charge >= 0.3 is 39.5 Å². The monoisotopic (exact) mass is 1280 g/mol. The normalized spacial score (nSPS) is 14.1. The number of carbonyl (C=O) groups is 4. The summed E-state index contributed by atoms with van der Waals surface area (Å²) < 4.78 is 68.0. The number of aliphatic hydroxyl groups is 1. The fourth-order valence-electron chi connectivity index (χ4n) is 10.3. The van der Waals surface area contributed by atoms with E-state index in [9.17, 15) is 43.2 Å². The van der Waals surface area contributed by atoms with Crippen molar-refractivity contribution in [3.63, 3.8) is 0 Å². The fourth-order valence-corrected chi connectivity index (χ4v) is 11.9. The Kier molecular flexibility index (Phi) is 60.2.